The van der Waals surface area contributed by atoms with Gasteiger partial charge in [0.2, 0.25) is 5.84 Å². The highest BCUT2D eigenvalue weighted by Gasteiger charge is 2.02. The average Bonchev–Trinajstić information content (AvgIpc) is 1.63. The van der Waals surface area contributed by atoms with E-state index in [0.29, 0.717) is 5.84 Å². The van der Waals surface area contributed by atoms with Crippen molar-refractivity contribution in [3.05, 3.63) is 0 Å². The van der Waals surface area contributed by atoms with Crippen molar-refractivity contribution in [3.8, 4) is 0 Å². The van der Waals surface area contributed by atoms with Gasteiger partial charge in [-0.15, -0.1) is 0 Å². The van der Waals surface area contributed by atoms with Crippen molar-refractivity contribution in [3.63, 3.8) is 0 Å². The number of likely N-dealkylation sites (N-methyl/N-ethyl adjacent to an activating group) is 1. The van der Waals surface area contributed by atoms with E-state index in [1.54, 1.807) is 14.0 Å². The molecule has 4 heteroatoms. The van der Waals surface area contributed by atoms with Gasteiger partial charge >= 0.3 is 5.97 Å². The standard InChI is InChI=1S/C5H10N2O2/c1-4(6)7(2)3-5(8)9/h6H,3H2,1-2H3,(H,8,9)/p+1. The van der Waals surface area contributed by atoms with E-state index in [0.717, 1.165) is 0 Å². The lowest BCUT2D eigenvalue weighted by Crippen LogP contribution is -2.27. The molecule has 0 aromatic rings. The summed E-state index contributed by atoms with van der Waals surface area (Å²) < 4.78 is 1.46. The molecule has 0 spiro atoms. The quantitative estimate of drug-likeness (QED) is 0.289. The molecule has 4 nitrogen and oxygen atoms in total. The second kappa shape index (κ2) is 3.06. The van der Waals surface area contributed by atoms with Crippen LogP contribution in [0.4, 0.5) is 0 Å². The van der Waals surface area contributed by atoms with Gasteiger partial charge in [0.15, 0.2) is 6.54 Å². The first-order valence-electron chi connectivity index (χ1n) is 2.56. The van der Waals surface area contributed by atoms with E-state index in [9.17, 15) is 4.79 Å². The first kappa shape index (κ1) is 7.94. The Kier molecular flexibility index (Phi) is 2.70. The Morgan fingerprint density at radius 2 is 2.22 bits per heavy atom. The topological polar surface area (TPSA) is 66.3 Å². The van der Waals surface area contributed by atoms with Gasteiger partial charge < -0.3 is 5.11 Å². The Morgan fingerprint density at radius 1 is 1.78 bits per heavy atom. The Hall–Kier alpha value is -1.06. The van der Waals surface area contributed by atoms with Crippen LogP contribution in [-0.4, -0.2) is 35.1 Å². The Labute approximate surface area is 53.6 Å². The zero-order valence-electron chi connectivity index (χ0n) is 5.59. The van der Waals surface area contributed by atoms with Crippen molar-refractivity contribution >= 4 is 11.8 Å². The van der Waals surface area contributed by atoms with Crippen LogP contribution in [0.15, 0.2) is 0 Å². The lowest BCUT2D eigenvalue weighted by atomic mass is 10.6. The maximum absolute atomic E-state index is 10.0. The van der Waals surface area contributed by atoms with Crippen LogP contribution in [0.1, 0.15) is 6.92 Å². The van der Waals surface area contributed by atoms with Gasteiger partial charge in [-0.3, -0.25) is 10.3 Å². The van der Waals surface area contributed by atoms with Crippen molar-refractivity contribution in [1.29, 1.82) is 0 Å². The van der Waals surface area contributed by atoms with Crippen molar-refractivity contribution in [2.24, 2.45) is 5.73 Å². The molecule has 0 heterocycles. The number of rotatable bonds is 2. The molecule has 0 saturated carbocycles. The summed E-state index contributed by atoms with van der Waals surface area (Å²) in [6.45, 7) is 1.62. The molecule has 0 aromatic carbocycles. The van der Waals surface area contributed by atoms with Gasteiger partial charge in [-0.05, 0) is 0 Å². The van der Waals surface area contributed by atoms with E-state index in [2.05, 4.69) is 0 Å². The molecule has 0 bridgehead atoms. The lowest BCUT2D eigenvalue weighted by molar-refractivity contribution is -0.488. The van der Waals surface area contributed by atoms with Gasteiger partial charge in [0, 0.05) is 6.92 Å². The molecule has 0 aliphatic carbocycles. The van der Waals surface area contributed by atoms with Gasteiger partial charge in [0.25, 0.3) is 0 Å². The molecular weight excluding hydrogens is 120 g/mol. The van der Waals surface area contributed by atoms with Gasteiger partial charge in [-0.1, -0.05) is 0 Å². The van der Waals surface area contributed by atoms with Crippen LogP contribution in [0, 0.1) is 0 Å². The van der Waals surface area contributed by atoms with Crippen LogP contribution in [0.2, 0.25) is 0 Å². The number of aliphatic carboxylic acids is 1. The molecule has 52 valence electrons. The van der Waals surface area contributed by atoms with E-state index in [4.69, 9.17) is 10.8 Å². The maximum atomic E-state index is 10.0. The fourth-order valence-electron chi connectivity index (χ4n) is 0.328. The van der Waals surface area contributed by atoms with Crippen LogP contribution >= 0.6 is 0 Å². The van der Waals surface area contributed by atoms with E-state index < -0.39 is 5.97 Å². The average molecular weight is 131 g/mol. The minimum Gasteiger partial charge on any atom is -0.478 e. The zero-order valence-corrected chi connectivity index (χ0v) is 5.59. The monoisotopic (exact) mass is 131 g/mol. The van der Waals surface area contributed by atoms with Crippen molar-refractivity contribution in [1.82, 2.24) is 0 Å². The molecule has 0 aliphatic rings. The molecule has 0 radical (unpaired) electrons. The summed E-state index contributed by atoms with van der Waals surface area (Å²) in [5.74, 6) is -0.361. The van der Waals surface area contributed by atoms with Gasteiger partial charge in [-0.2, -0.15) is 0 Å². The summed E-state index contributed by atoms with van der Waals surface area (Å²) in [5, 5.41) is 8.22. The first-order valence-corrected chi connectivity index (χ1v) is 2.56. The molecule has 0 fully saturated rings. The van der Waals surface area contributed by atoms with Crippen molar-refractivity contribution in [2.45, 2.75) is 6.92 Å². The summed E-state index contributed by atoms with van der Waals surface area (Å²) in [5.41, 5.74) is 5.26. The molecule has 0 amide bonds. The highest BCUT2D eigenvalue weighted by atomic mass is 16.4. The Morgan fingerprint density at radius 3 is 2.33 bits per heavy atom. The Balaban J connectivity index is 3.92. The number of carboxylic acid groups (broad SMARTS) is 1. The van der Waals surface area contributed by atoms with Crippen molar-refractivity contribution in [2.75, 3.05) is 13.6 Å². The number of carboxylic acids is 1. The van der Waals surface area contributed by atoms with Crippen LogP contribution in [0.5, 0.6) is 0 Å². The predicted octanol–water partition coefficient (Wildman–Crippen LogP) is -0.910. The fourth-order valence-corrected chi connectivity index (χ4v) is 0.328. The van der Waals surface area contributed by atoms with E-state index in [-0.39, 0.29) is 6.54 Å². The third kappa shape index (κ3) is 3.52. The molecule has 0 rings (SSSR count). The predicted molar refractivity (Wildman–Crippen MR) is 33.6 cm³/mol. The molecule has 0 saturated heterocycles. The third-order valence-corrected chi connectivity index (χ3v) is 0.975. The van der Waals surface area contributed by atoms with Crippen molar-refractivity contribution < 1.29 is 14.5 Å². The van der Waals surface area contributed by atoms with E-state index in [1.165, 1.54) is 4.58 Å². The van der Waals surface area contributed by atoms with Crippen LogP contribution in [-0.2, 0) is 4.79 Å². The normalized spacial score (nSPS) is 12.7. The molecule has 0 aromatic heterocycles. The molecule has 0 aliphatic heterocycles. The number of hydrogen-bond donors (Lipinski definition) is 2. The summed E-state index contributed by atoms with van der Waals surface area (Å²) in [6, 6.07) is 0. The van der Waals surface area contributed by atoms with E-state index in [1.807, 2.05) is 0 Å². The number of hydrogen-bond acceptors (Lipinski definition) is 1. The largest absolute Gasteiger partial charge is 0.478 e. The van der Waals surface area contributed by atoms with Gasteiger partial charge in [0.1, 0.15) is 0 Å². The highest BCUT2D eigenvalue weighted by molar-refractivity contribution is 5.74. The van der Waals surface area contributed by atoms with Crippen LogP contribution in [0.3, 0.4) is 0 Å². The number of nitrogens with zero attached hydrogens (tertiary/aromatic N) is 1. The van der Waals surface area contributed by atoms with Gasteiger partial charge in [-0.25, -0.2) is 4.79 Å². The zero-order chi connectivity index (χ0) is 7.44. The Bertz CT molecular complexity index is 147. The fraction of sp³-hybridized carbons (Fsp3) is 0.600. The molecular formula is C5H11N2O2+. The molecule has 9 heavy (non-hydrogen) atoms. The minimum absolute atomic E-state index is 0.0394. The second-order valence-electron chi connectivity index (χ2n) is 1.89. The highest BCUT2D eigenvalue weighted by Crippen LogP contribution is 1.69. The summed E-state index contributed by atoms with van der Waals surface area (Å²) in [7, 11) is 1.63. The van der Waals surface area contributed by atoms with Crippen LogP contribution < -0.4 is 5.73 Å². The van der Waals surface area contributed by atoms with Crippen LogP contribution in [0.25, 0.3) is 0 Å². The minimum atomic E-state index is -0.873. The number of carbonyl (C=O) groups is 1. The molecule has 0 atom stereocenters. The summed E-state index contributed by atoms with van der Waals surface area (Å²) in [4.78, 5) is 10.0. The second-order valence-corrected chi connectivity index (χ2v) is 1.89. The van der Waals surface area contributed by atoms with Gasteiger partial charge in [0.05, 0.1) is 7.05 Å². The lowest BCUT2D eigenvalue weighted by Gasteiger charge is -1.95. The summed E-state index contributed by atoms with van der Waals surface area (Å²) in [6.07, 6.45) is 0. The third-order valence-electron chi connectivity index (χ3n) is 0.975. The number of nitrogens with two attached hydrogens (primary N) is 1. The molecule has 3 N–H and O–H groups in total. The smallest absolute Gasteiger partial charge is 0.345 e. The SMILES string of the molecule is CC(N)=[N+](C)CC(=O)O. The van der Waals surface area contributed by atoms with E-state index >= 15 is 0 Å². The molecule has 0 unspecified atom stereocenters. The summed E-state index contributed by atoms with van der Waals surface area (Å²) >= 11 is 0. The first-order chi connectivity index (χ1) is 4.04. The number of amidine groups is 1. The maximum Gasteiger partial charge on any atom is 0.345 e.